The first-order valence-electron chi connectivity index (χ1n) is 8.30. The molecule has 1 atom stereocenters. The zero-order valence-electron chi connectivity index (χ0n) is 14.7. The summed E-state index contributed by atoms with van der Waals surface area (Å²) < 4.78 is 7.67. The number of hydrogen-bond acceptors (Lipinski definition) is 3. The van der Waals surface area contributed by atoms with E-state index in [1.807, 2.05) is 36.0 Å². The third-order valence-corrected chi connectivity index (χ3v) is 6.06. The molecule has 0 radical (unpaired) electrons. The van der Waals surface area contributed by atoms with Crippen LogP contribution in [0.3, 0.4) is 0 Å². The van der Waals surface area contributed by atoms with Crippen molar-refractivity contribution in [3.05, 3.63) is 41.1 Å². The first-order valence-corrected chi connectivity index (χ1v) is 12.4. The van der Waals surface area contributed by atoms with E-state index in [0.29, 0.717) is 6.61 Å². The summed E-state index contributed by atoms with van der Waals surface area (Å²) in [6, 6.07) is 7.11. The van der Waals surface area contributed by atoms with Crippen molar-refractivity contribution in [1.29, 1.82) is 0 Å². The number of aryl methyl sites for hydroxylation is 1. The van der Waals surface area contributed by atoms with Crippen molar-refractivity contribution in [2.45, 2.75) is 31.7 Å². The molecule has 1 aliphatic rings. The monoisotopic (exact) mass is 361 g/mol. The van der Waals surface area contributed by atoms with Gasteiger partial charge in [0.25, 0.3) is 0 Å². The molecule has 3 rings (SSSR count). The third-order valence-electron chi connectivity index (χ3n) is 4.12. The summed E-state index contributed by atoms with van der Waals surface area (Å²) in [5.41, 5.74) is 2.84. The quantitative estimate of drug-likeness (QED) is 0.568. The molecule has 4 nitrogen and oxygen atoms in total. The van der Waals surface area contributed by atoms with Crippen LogP contribution >= 0.6 is 11.6 Å². The summed E-state index contributed by atoms with van der Waals surface area (Å²) in [5, 5.41) is 6.41. The van der Waals surface area contributed by atoms with Gasteiger partial charge < -0.3 is 4.74 Å². The Kier molecular flexibility index (Phi) is 4.94. The lowest BCUT2D eigenvalue weighted by atomic mass is 10.1. The number of ether oxygens (including phenoxy) is 1. The number of aromatic nitrogens is 2. The summed E-state index contributed by atoms with van der Waals surface area (Å²) in [7, 11) is 0.894. The van der Waals surface area contributed by atoms with Gasteiger partial charge in [0.1, 0.15) is 5.69 Å². The van der Waals surface area contributed by atoms with E-state index in [4.69, 9.17) is 21.3 Å². The first-order chi connectivity index (χ1) is 11.3. The molecule has 0 amide bonds. The molecule has 128 valence electrons. The topological polar surface area (TPSA) is 39.4 Å². The van der Waals surface area contributed by atoms with Crippen molar-refractivity contribution in [3.63, 3.8) is 0 Å². The van der Waals surface area contributed by atoms with Gasteiger partial charge in [0.15, 0.2) is 0 Å². The molecule has 2 heterocycles. The first kappa shape index (κ1) is 17.4. The molecule has 0 spiro atoms. The third kappa shape index (κ3) is 3.96. The number of fused-ring (bicyclic) bond motifs is 1. The number of allylic oxidation sites excluding steroid dienone is 1. The number of aliphatic imine (C=N–C) groups is 1. The molecule has 6 heteroatoms. The van der Waals surface area contributed by atoms with Crippen molar-refractivity contribution in [1.82, 2.24) is 9.78 Å². The van der Waals surface area contributed by atoms with Crippen molar-refractivity contribution < 1.29 is 4.74 Å². The molecule has 0 N–H and O–H groups in total. The molecule has 0 saturated carbocycles. The Morgan fingerprint density at radius 2 is 2.08 bits per heavy atom. The molecular weight excluding hydrogens is 338 g/mol. The van der Waals surface area contributed by atoms with E-state index in [1.165, 1.54) is 6.04 Å². The van der Waals surface area contributed by atoms with Gasteiger partial charge in [-0.2, -0.15) is 5.10 Å². The van der Waals surface area contributed by atoms with E-state index < -0.39 is 8.07 Å². The minimum atomic E-state index is -1.03. The van der Waals surface area contributed by atoms with Crippen LogP contribution in [0, 0.1) is 0 Å². The van der Waals surface area contributed by atoms with Gasteiger partial charge >= 0.3 is 0 Å². The molecule has 1 aromatic carbocycles. The predicted octanol–water partition coefficient (Wildman–Crippen LogP) is 4.31. The average molecular weight is 362 g/mol. The Morgan fingerprint density at radius 1 is 1.29 bits per heavy atom. The van der Waals surface area contributed by atoms with Crippen LogP contribution in [0.2, 0.25) is 30.7 Å². The Morgan fingerprint density at radius 3 is 2.83 bits per heavy atom. The fraction of sp³-hybridized carbons (Fsp3) is 0.444. The Balaban J connectivity index is 1.70. The zero-order chi connectivity index (χ0) is 17.3. The Hall–Kier alpha value is -1.43. The minimum absolute atomic E-state index is 0.0889. The lowest BCUT2D eigenvalue weighted by molar-refractivity contribution is 0.143. The highest BCUT2D eigenvalue weighted by atomic mass is 35.5. The van der Waals surface area contributed by atoms with Crippen LogP contribution in [0.5, 0.6) is 0 Å². The van der Waals surface area contributed by atoms with Crippen molar-refractivity contribution in [2.24, 2.45) is 12.0 Å². The van der Waals surface area contributed by atoms with Gasteiger partial charge in [-0.25, -0.2) is 0 Å². The number of rotatable bonds is 6. The normalized spacial score (nSPS) is 17.7. The molecule has 0 fully saturated rings. The molecule has 1 aromatic heterocycles. The minimum Gasteiger partial charge on any atom is -0.379 e. The average Bonchev–Trinajstić information content (AvgIpc) is 3.08. The van der Waals surface area contributed by atoms with Crippen LogP contribution < -0.4 is 0 Å². The molecular formula is C18H24ClN3OSi. The molecule has 24 heavy (non-hydrogen) atoms. The van der Waals surface area contributed by atoms with Crippen LogP contribution in [0.4, 0.5) is 0 Å². The predicted molar refractivity (Wildman–Crippen MR) is 104 cm³/mol. The van der Waals surface area contributed by atoms with E-state index in [0.717, 1.165) is 33.9 Å². The number of halogens is 1. The van der Waals surface area contributed by atoms with Gasteiger partial charge in [0.05, 0.1) is 23.9 Å². The van der Waals surface area contributed by atoms with Crippen LogP contribution in [0.1, 0.15) is 5.69 Å². The number of benzene rings is 1. The van der Waals surface area contributed by atoms with Gasteiger partial charge in [-0.1, -0.05) is 37.3 Å². The van der Waals surface area contributed by atoms with Crippen molar-refractivity contribution in [3.8, 4) is 0 Å². The maximum atomic E-state index is 6.09. The van der Waals surface area contributed by atoms with Crippen molar-refractivity contribution >= 4 is 36.3 Å². The second kappa shape index (κ2) is 6.82. The lowest BCUT2D eigenvalue weighted by Gasteiger charge is -2.15. The molecule has 0 bridgehead atoms. The molecule has 1 unspecified atom stereocenters. The molecule has 0 aliphatic carbocycles. The number of nitrogens with zero attached hydrogens (tertiary/aromatic N) is 3. The van der Waals surface area contributed by atoms with Gasteiger partial charge in [-0.15, -0.1) is 0 Å². The van der Waals surface area contributed by atoms with Gasteiger partial charge in [0.2, 0.25) is 0 Å². The van der Waals surface area contributed by atoms with E-state index in [-0.39, 0.29) is 6.04 Å². The second-order valence-corrected chi connectivity index (χ2v) is 13.5. The van der Waals surface area contributed by atoms with Gasteiger partial charge in [-0.05, 0) is 30.3 Å². The van der Waals surface area contributed by atoms with E-state index >= 15 is 0 Å². The summed E-state index contributed by atoms with van der Waals surface area (Å²) in [5.74, 6) is 0. The van der Waals surface area contributed by atoms with Crippen LogP contribution in [-0.4, -0.2) is 42.8 Å². The molecule has 0 saturated heterocycles. The summed E-state index contributed by atoms with van der Waals surface area (Å²) >= 11 is 6.09. The number of hydrogen-bond donors (Lipinski definition) is 0. The van der Waals surface area contributed by atoms with Crippen LogP contribution in [-0.2, 0) is 11.8 Å². The summed E-state index contributed by atoms with van der Waals surface area (Å²) in [4.78, 5) is 4.76. The van der Waals surface area contributed by atoms with Gasteiger partial charge in [-0.3, -0.25) is 9.67 Å². The molecule has 2 aromatic rings. The maximum absolute atomic E-state index is 6.09. The second-order valence-electron chi connectivity index (χ2n) is 7.46. The standard InChI is InChI=1S/C18H24ClN3OSi/c1-22-17-11-13(19)5-7-15(17)18(21-22)16-8-6-14(20-16)12-23-9-10-24(2,3)4/h5-8,11,14H,9-10,12H2,1-4H3. The smallest absolute Gasteiger partial charge is 0.118 e. The van der Waals surface area contributed by atoms with Crippen LogP contribution in [0.15, 0.2) is 35.3 Å². The fourth-order valence-electron chi connectivity index (χ4n) is 2.70. The van der Waals surface area contributed by atoms with E-state index in [2.05, 4.69) is 30.8 Å². The molecule has 1 aliphatic heterocycles. The summed E-state index contributed by atoms with van der Waals surface area (Å²) in [6.45, 7) is 8.55. The fourth-order valence-corrected chi connectivity index (χ4v) is 3.63. The highest BCUT2D eigenvalue weighted by molar-refractivity contribution is 6.76. The zero-order valence-corrected chi connectivity index (χ0v) is 16.5. The maximum Gasteiger partial charge on any atom is 0.118 e. The van der Waals surface area contributed by atoms with Crippen molar-refractivity contribution in [2.75, 3.05) is 13.2 Å². The van der Waals surface area contributed by atoms with Gasteiger partial charge in [0, 0.05) is 32.1 Å². The SMILES string of the molecule is Cn1nc(C2=NC(COCC[Si](C)(C)C)C=C2)c2ccc(Cl)cc21. The highest BCUT2D eigenvalue weighted by Gasteiger charge is 2.19. The Labute approximate surface area is 149 Å². The van der Waals surface area contributed by atoms with Crippen LogP contribution in [0.25, 0.3) is 10.9 Å². The van der Waals surface area contributed by atoms with E-state index in [9.17, 15) is 0 Å². The summed E-state index contributed by atoms with van der Waals surface area (Å²) in [6.07, 6.45) is 4.14. The largest absolute Gasteiger partial charge is 0.379 e. The van der Waals surface area contributed by atoms with E-state index in [1.54, 1.807) is 0 Å². The lowest BCUT2D eigenvalue weighted by Crippen LogP contribution is -2.22. The Bertz CT molecular complexity index is 804. The highest BCUT2D eigenvalue weighted by Crippen LogP contribution is 2.24.